The molecule has 3 saturated carbocycles. The molecule has 0 radical (unpaired) electrons. The lowest BCUT2D eigenvalue weighted by molar-refractivity contribution is -0.135. The van der Waals surface area contributed by atoms with Gasteiger partial charge in [-0.25, -0.2) is 4.39 Å². The molecular weight excluding hydrogens is 419 g/mol. The van der Waals surface area contributed by atoms with Crippen molar-refractivity contribution in [3.8, 4) is 6.07 Å². The molecule has 2 N–H and O–H groups in total. The lowest BCUT2D eigenvalue weighted by Gasteiger charge is -2.52. The smallest absolute Gasteiger partial charge is 0.237 e. The predicted octanol–water partition coefficient (Wildman–Crippen LogP) is 3.73. The standard InChI is InChI=1S/C23H28ClFN4O2/c1-15-2-3-19(18(24)10-15)28-21(31)22-4-7-23(8-5-22,9-6-22)27-13-20(30)29-14-16(25)11-17(29)12-26/h2-3,10,16-17,27H,4-9,11,13-14H2,1H3,(H,28,31)/t16-,17-,22?,23?/m0/s1. The number of alkyl halides is 1. The molecule has 31 heavy (non-hydrogen) atoms. The molecular formula is C23H28ClFN4O2. The van der Waals surface area contributed by atoms with Crippen LogP contribution in [0.2, 0.25) is 5.02 Å². The minimum absolute atomic E-state index is 0.00338. The quantitative estimate of drug-likeness (QED) is 0.721. The molecule has 6 nitrogen and oxygen atoms in total. The first-order valence-electron chi connectivity index (χ1n) is 10.9. The highest BCUT2D eigenvalue weighted by Crippen LogP contribution is 2.53. The molecule has 4 aliphatic rings. The van der Waals surface area contributed by atoms with E-state index in [1.165, 1.54) is 4.90 Å². The van der Waals surface area contributed by atoms with E-state index in [1.54, 1.807) is 0 Å². The second-order valence-electron chi connectivity index (χ2n) is 9.38. The van der Waals surface area contributed by atoms with Crippen molar-refractivity contribution >= 4 is 29.1 Å². The Hall–Kier alpha value is -2.17. The van der Waals surface area contributed by atoms with Crippen LogP contribution in [0.4, 0.5) is 10.1 Å². The van der Waals surface area contributed by atoms with Gasteiger partial charge in [-0.3, -0.25) is 9.59 Å². The van der Waals surface area contributed by atoms with Crippen molar-refractivity contribution in [1.29, 1.82) is 5.26 Å². The highest BCUT2D eigenvalue weighted by molar-refractivity contribution is 6.33. The van der Waals surface area contributed by atoms with E-state index < -0.39 is 17.6 Å². The largest absolute Gasteiger partial charge is 0.324 e. The maximum atomic E-state index is 13.6. The molecule has 0 spiro atoms. The molecule has 3 aliphatic carbocycles. The van der Waals surface area contributed by atoms with Crippen molar-refractivity contribution in [3.05, 3.63) is 28.8 Å². The molecule has 4 fully saturated rings. The number of benzene rings is 1. The Kier molecular flexibility index (Phi) is 5.97. The summed E-state index contributed by atoms with van der Waals surface area (Å²) in [5.74, 6) is -0.208. The van der Waals surface area contributed by atoms with Gasteiger partial charge in [-0.1, -0.05) is 17.7 Å². The van der Waals surface area contributed by atoms with Gasteiger partial charge in [0.25, 0.3) is 0 Å². The van der Waals surface area contributed by atoms with E-state index in [-0.39, 0.29) is 36.9 Å². The normalized spacial score (nSPS) is 32.0. The van der Waals surface area contributed by atoms with Crippen molar-refractivity contribution in [3.63, 3.8) is 0 Å². The van der Waals surface area contributed by atoms with E-state index >= 15 is 0 Å². The van der Waals surface area contributed by atoms with E-state index in [0.29, 0.717) is 10.7 Å². The zero-order valence-corrected chi connectivity index (χ0v) is 18.5. The fraction of sp³-hybridized carbons (Fsp3) is 0.609. The second kappa shape index (κ2) is 8.40. The van der Waals surface area contributed by atoms with Gasteiger partial charge in [0.05, 0.1) is 29.9 Å². The number of halogens is 2. The third-order valence-corrected chi connectivity index (χ3v) is 7.75. The van der Waals surface area contributed by atoms with Gasteiger partial charge < -0.3 is 15.5 Å². The fourth-order valence-corrected chi connectivity index (χ4v) is 5.60. The maximum absolute atomic E-state index is 13.6. The monoisotopic (exact) mass is 446 g/mol. The summed E-state index contributed by atoms with van der Waals surface area (Å²) in [6, 6.07) is 6.95. The molecule has 1 aromatic rings. The Morgan fingerprint density at radius 2 is 1.94 bits per heavy atom. The first kappa shape index (κ1) is 22.0. The van der Waals surface area contributed by atoms with Crippen LogP contribution >= 0.6 is 11.6 Å². The third kappa shape index (κ3) is 4.28. The number of nitriles is 1. The summed E-state index contributed by atoms with van der Waals surface area (Å²) in [5, 5.41) is 16.1. The van der Waals surface area contributed by atoms with Crippen molar-refractivity contribution in [2.24, 2.45) is 5.41 Å². The van der Waals surface area contributed by atoms with E-state index in [9.17, 15) is 14.0 Å². The number of aryl methyl sites for hydroxylation is 1. The van der Waals surface area contributed by atoms with E-state index in [1.807, 2.05) is 31.2 Å². The van der Waals surface area contributed by atoms with Crippen LogP contribution in [0, 0.1) is 23.7 Å². The Morgan fingerprint density at radius 3 is 2.55 bits per heavy atom. The van der Waals surface area contributed by atoms with Gasteiger partial charge in [-0.2, -0.15) is 5.26 Å². The molecule has 5 rings (SSSR count). The number of carbonyl (C=O) groups is 2. The zero-order chi connectivity index (χ0) is 22.2. The van der Waals surface area contributed by atoms with Crippen molar-refractivity contribution in [2.45, 2.75) is 69.6 Å². The third-order valence-electron chi connectivity index (χ3n) is 7.43. The van der Waals surface area contributed by atoms with Gasteiger partial charge in [-0.05, 0) is 63.1 Å². The number of rotatable bonds is 5. The summed E-state index contributed by atoms with van der Waals surface area (Å²) in [4.78, 5) is 27.0. The summed E-state index contributed by atoms with van der Waals surface area (Å²) in [5.41, 5.74) is 1.11. The Balaban J connectivity index is 1.34. The topological polar surface area (TPSA) is 85.2 Å². The van der Waals surface area contributed by atoms with Crippen LogP contribution in [0.15, 0.2) is 18.2 Å². The molecule has 1 saturated heterocycles. The van der Waals surface area contributed by atoms with Gasteiger partial charge in [-0.15, -0.1) is 0 Å². The first-order valence-corrected chi connectivity index (χ1v) is 11.3. The highest BCUT2D eigenvalue weighted by Gasteiger charge is 2.52. The molecule has 166 valence electrons. The molecule has 1 aliphatic heterocycles. The van der Waals surface area contributed by atoms with E-state index in [0.717, 1.165) is 44.1 Å². The average Bonchev–Trinajstić information content (AvgIpc) is 3.16. The Bertz CT molecular complexity index is 906. The molecule has 2 atom stereocenters. The molecule has 1 heterocycles. The van der Waals surface area contributed by atoms with Gasteiger partial charge in [0.2, 0.25) is 11.8 Å². The summed E-state index contributed by atoms with van der Waals surface area (Å²) in [6.07, 6.45) is 3.64. The lowest BCUT2D eigenvalue weighted by atomic mass is 9.57. The Morgan fingerprint density at radius 1 is 1.26 bits per heavy atom. The highest BCUT2D eigenvalue weighted by atomic mass is 35.5. The molecule has 0 aromatic heterocycles. The first-order chi connectivity index (χ1) is 14.8. The number of anilines is 1. The van der Waals surface area contributed by atoms with Crippen molar-refractivity contribution < 1.29 is 14.0 Å². The van der Waals surface area contributed by atoms with Crippen LogP contribution in [0.25, 0.3) is 0 Å². The van der Waals surface area contributed by atoms with Crippen LogP contribution in [0.3, 0.4) is 0 Å². The van der Waals surface area contributed by atoms with E-state index in [4.69, 9.17) is 16.9 Å². The minimum atomic E-state index is -1.13. The van der Waals surface area contributed by atoms with Gasteiger partial charge >= 0.3 is 0 Å². The van der Waals surface area contributed by atoms with Crippen LogP contribution in [0.1, 0.15) is 50.5 Å². The SMILES string of the molecule is Cc1ccc(NC(=O)C23CCC(NCC(=O)N4C[C@@H](F)C[C@H]4C#N)(CC2)CC3)c(Cl)c1. The summed E-state index contributed by atoms with van der Waals surface area (Å²) in [6.45, 7) is 2.05. The Labute approximate surface area is 187 Å². The molecule has 1 aromatic carbocycles. The number of hydrogen-bond acceptors (Lipinski definition) is 4. The average molecular weight is 447 g/mol. The van der Waals surface area contributed by atoms with Crippen molar-refractivity contribution in [2.75, 3.05) is 18.4 Å². The molecule has 2 amide bonds. The molecule has 2 bridgehead atoms. The van der Waals surface area contributed by atoms with Gasteiger partial charge in [0.1, 0.15) is 12.2 Å². The van der Waals surface area contributed by atoms with Gasteiger partial charge in [0.15, 0.2) is 0 Å². The number of amides is 2. The number of nitrogens with one attached hydrogen (secondary N) is 2. The van der Waals surface area contributed by atoms with Crippen LogP contribution < -0.4 is 10.6 Å². The number of likely N-dealkylation sites (tertiary alicyclic amines) is 1. The number of hydrogen-bond donors (Lipinski definition) is 2. The van der Waals surface area contributed by atoms with Gasteiger partial charge in [0, 0.05) is 17.4 Å². The lowest BCUT2D eigenvalue weighted by Crippen LogP contribution is -2.59. The van der Waals surface area contributed by atoms with E-state index in [2.05, 4.69) is 10.6 Å². The fourth-order valence-electron chi connectivity index (χ4n) is 5.32. The summed E-state index contributed by atoms with van der Waals surface area (Å²) < 4.78 is 13.6. The molecule has 0 unspecified atom stereocenters. The number of nitrogens with zero attached hydrogens (tertiary/aromatic N) is 2. The van der Waals surface area contributed by atoms with Crippen molar-refractivity contribution in [1.82, 2.24) is 10.2 Å². The number of carbonyl (C=O) groups excluding carboxylic acids is 2. The van der Waals surface area contributed by atoms with Crippen LogP contribution in [-0.4, -0.2) is 47.6 Å². The van der Waals surface area contributed by atoms with Crippen LogP contribution in [-0.2, 0) is 9.59 Å². The van der Waals surface area contributed by atoms with Crippen LogP contribution in [0.5, 0.6) is 0 Å². The zero-order valence-electron chi connectivity index (χ0n) is 17.7. The second-order valence-corrected chi connectivity index (χ2v) is 9.78. The minimum Gasteiger partial charge on any atom is -0.324 e. The maximum Gasteiger partial charge on any atom is 0.237 e. The summed E-state index contributed by atoms with van der Waals surface area (Å²) >= 11 is 6.28. The summed E-state index contributed by atoms with van der Waals surface area (Å²) in [7, 11) is 0. The predicted molar refractivity (Wildman–Crippen MR) is 116 cm³/mol. The molecule has 8 heteroatoms. The number of fused-ring (bicyclic) bond motifs is 3.